The average molecular weight is 463 g/mol. The highest BCUT2D eigenvalue weighted by Crippen LogP contribution is 2.39. The SMILES string of the molecule is CC(NC(=O)c1ccccc1NC(=O)CN1C(=O)N(C)C2(CCCCC2)C1=O)c1ccccc1. The molecule has 34 heavy (non-hydrogen) atoms. The minimum absolute atomic E-state index is 0.223. The van der Waals surface area contributed by atoms with Gasteiger partial charge in [-0.25, -0.2) is 4.79 Å². The number of carbonyl (C=O) groups excluding carboxylic acids is 4. The molecule has 2 fully saturated rings. The molecule has 4 rings (SSSR count). The Morgan fingerprint density at radius 2 is 1.62 bits per heavy atom. The summed E-state index contributed by atoms with van der Waals surface area (Å²) in [5.41, 5.74) is 0.758. The molecule has 2 aromatic rings. The molecule has 0 aromatic heterocycles. The van der Waals surface area contributed by atoms with Gasteiger partial charge in [0.05, 0.1) is 17.3 Å². The van der Waals surface area contributed by atoms with Gasteiger partial charge in [-0.2, -0.15) is 0 Å². The monoisotopic (exact) mass is 462 g/mol. The van der Waals surface area contributed by atoms with Gasteiger partial charge in [0.15, 0.2) is 0 Å². The number of nitrogens with zero attached hydrogens (tertiary/aromatic N) is 2. The van der Waals surface area contributed by atoms with Crippen molar-refractivity contribution in [3.05, 3.63) is 65.7 Å². The molecule has 1 saturated carbocycles. The van der Waals surface area contributed by atoms with Crippen LogP contribution in [0.2, 0.25) is 0 Å². The largest absolute Gasteiger partial charge is 0.345 e. The lowest BCUT2D eigenvalue weighted by atomic mass is 9.81. The smallest absolute Gasteiger partial charge is 0.327 e. The van der Waals surface area contributed by atoms with Crippen molar-refractivity contribution in [3.8, 4) is 0 Å². The van der Waals surface area contributed by atoms with Crippen LogP contribution in [0, 0.1) is 0 Å². The number of hydrogen-bond acceptors (Lipinski definition) is 4. The van der Waals surface area contributed by atoms with Crippen LogP contribution < -0.4 is 10.6 Å². The fourth-order valence-electron chi connectivity index (χ4n) is 4.89. The zero-order valence-corrected chi connectivity index (χ0v) is 19.5. The van der Waals surface area contributed by atoms with Gasteiger partial charge < -0.3 is 15.5 Å². The minimum Gasteiger partial charge on any atom is -0.345 e. The number of rotatable bonds is 6. The predicted octanol–water partition coefficient (Wildman–Crippen LogP) is 3.71. The van der Waals surface area contributed by atoms with Gasteiger partial charge in [-0.15, -0.1) is 0 Å². The molecule has 2 N–H and O–H groups in total. The summed E-state index contributed by atoms with van der Waals surface area (Å²) in [6.07, 6.45) is 4.05. The highest BCUT2D eigenvalue weighted by molar-refractivity contribution is 6.11. The van der Waals surface area contributed by atoms with E-state index in [0.717, 1.165) is 29.7 Å². The van der Waals surface area contributed by atoms with E-state index in [0.29, 0.717) is 24.1 Å². The number of hydrogen-bond donors (Lipinski definition) is 2. The molecule has 0 radical (unpaired) electrons. The molecule has 1 aliphatic heterocycles. The molecule has 1 spiro atoms. The quantitative estimate of drug-likeness (QED) is 0.640. The van der Waals surface area contributed by atoms with Gasteiger partial charge in [-0.3, -0.25) is 19.3 Å². The van der Waals surface area contributed by atoms with E-state index in [1.165, 1.54) is 4.90 Å². The Kier molecular flexibility index (Phi) is 6.68. The number of anilines is 1. The second kappa shape index (κ2) is 9.67. The summed E-state index contributed by atoms with van der Waals surface area (Å²) < 4.78 is 0. The number of para-hydroxylation sites is 1. The fraction of sp³-hybridized carbons (Fsp3) is 0.385. The zero-order valence-electron chi connectivity index (χ0n) is 19.5. The number of amides is 5. The molecule has 0 bridgehead atoms. The molecule has 5 amide bonds. The van der Waals surface area contributed by atoms with E-state index < -0.39 is 17.5 Å². The van der Waals surface area contributed by atoms with Crippen molar-refractivity contribution in [3.63, 3.8) is 0 Å². The molecule has 178 valence electrons. The van der Waals surface area contributed by atoms with Crippen molar-refractivity contribution in [1.29, 1.82) is 0 Å². The topological polar surface area (TPSA) is 98.8 Å². The van der Waals surface area contributed by atoms with Crippen LogP contribution in [0.1, 0.15) is 61.0 Å². The lowest BCUT2D eigenvalue weighted by molar-refractivity contribution is -0.136. The van der Waals surface area contributed by atoms with Crippen molar-refractivity contribution in [2.45, 2.75) is 50.6 Å². The van der Waals surface area contributed by atoms with Crippen molar-refractivity contribution in [1.82, 2.24) is 15.1 Å². The molecule has 1 heterocycles. The maximum atomic E-state index is 13.1. The van der Waals surface area contributed by atoms with Crippen LogP contribution >= 0.6 is 0 Å². The van der Waals surface area contributed by atoms with Crippen molar-refractivity contribution in [2.75, 3.05) is 18.9 Å². The van der Waals surface area contributed by atoms with E-state index in [1.54, 1.807) is 31.3 Å². The van der Waals surface area contributed by atoms with Crippen LogP contribution in [0.25, 0.3) is 0 Å². The molecule has 1 atom stereocenters. The first kappa shape index (κ1) is 23.5. The number of carbonyl (C=O) groups is 4. The molecular weight excluding hydrogens is 432 g/mol. The second-order valence-corrected chi connectivity index (χ2v) is 9.02. The van der Waals surface area contributed by atoms with Crippen molar-refractivity contribution < 1.29 is 19.2 Å². The van der Waals surface area contributed by atoms with Crippen LogP contribution in [-0.4, -0.2) is 52.7 Å². The molecule has 1 saturated heterocycles. The number of urea groups is 1. The van der Waals surface area contributed by atoms with Gasteiger partial charge in [0, 0.05) is 7.05 Å². The predicted molar refractivity (Wildman–Crippen MR) is 128 cm³/mol. The molecular formula is C26H30N4O4. The Hall–Kier alpha value is -3.68. The summed E-state index contributed by atoms with van der Waals surface area (Å²) in [4.78, 5) is 54.2. The Morgan fingerprint density at radius 3 is 2.32 bits per heavy atom. The van der Waals surface area contributed by atoms with E-state index in [2.05, 4.69) is 10.6 Å². The van der Waals surface area contributed by atoms with Crippen LogP contribution in [0.5, 0.6) is 0 Å². The van der Waals surface area contributed by atoms with Crippen molar-refractivity contribution in [2.24, 2.45) is 0 Å². The summed E-state index contributed by atoms with van der Waals surface area (Å²) in [6, 6.07) is 15.6. The lowest BCUT2D eigenvalue weighted by Crippen LogP contribution is -2.49. The minimum atomic E-state index is -0.832. The molecule has 8 heteroatoms. The van der Waals surface area contributed by atoms with Crippen LogP contribution in [-0.2, 0) is 9.59 Å². The highest BCUT2D eigenvalue weighted by Gasteiger charge is 2.55. The normalized spacial score (nSPS) is 18.2. The summed E-state index contributed by atoms with van der Waals surface area (Å²) in [5, 5.41) is 5.66. The van der Waals surface area contributed by atoms with Crippen LogP contribution in [0.3, 0.4) is 0 Å². The van der Waals surface area contributed by atoms with E-state index in [1.807, 2.05) is 37.3 Å². The van der Waals surface area contributed by atoms with Gasteiger partial charge in [0.2, 0.25) is 5.91 Å². The van der Waals surface area contributed by atoms with Crippen LogP contribution in [0.4, 0.5) is 10.5 Å². The number of benzene rings is 2. The Morgan fingerprint density at radius 1 is 0.971 bits per heavy atom. The summed E-state index contributed by atoms with van der Waals surface area (Å²) >= 11 is 0. The first-order chi connectivity index (χ1) is 16.3. The third-order valence-electron chi connectivity index (χ3n) is 6.88. The zero-order chi connectivity index (χ0) is 24.3. The van der Waals surface area contributed by atoms with E-state index in [4.69, 9.17) is 0 Å². The van der Waals surface area contributed by atoms with E-state index in [-0.39, 0.29) is 24.4 Å². The third-order valence-corrected chi connectivity index (χ3v) is 6.88. The summed E-state index contributed by atoms with van der Waals surface area (Å²) in [6.45, 7) is 1.50. The van der Waals surface area contributed by atoms with Crippen LogP contribution in [0.15, 0.2) is 54.6 Å². The maximum Gasteiger partial charge on any atom is 0.327 e. The number of likely N-dealkylation sites (N-methyl/N-ethyl adjacent to an activating group) is 1. The number of imide groups is 1. The highest BCUT2D eigenvalue weighted by atomic mass is 16.2. The van der Waals surface area contributed by atoms with Gasteiger partial charge in [0.25, 0.3) is 11.8 Å². The fourth-order valence-corrected chi connectivity index (χ4v) is 4.89. The average Bonchev–Trinajstić information content (AvgIpc) is 3.01. The van der Waals surface area contributed by atoms with Gasteiger partial charge in [-0.1, -0.05) is 61.7 Å². The Labute approximate surface area is 199 Å². The third kappa shape index (κ3) is 4.40. The molecule has 2 aliphatic rings. The first-order valence-corrected chi connectivity index (χ1v) is 11.7. The molecule has 1 unspecified atom stereocenters. The first-order valence-electron chi connectivity index (χ1n) is 11.7. The van der Waals surface area contributed by atoms with Crippen molar-refractivity contribution >= 4 is 29.4 Å². The molecule has 1 aliphatic carbocycles. The van der Waals surface area contributed by atoms with Gasteiger partial charge >= 0.3 is 6.03 Å². The van der Waals surface area contributed by atoms with Gasteiger partial charge in [-0.05, 0) is 37.5 Å². The Bertz CT molecular complexity index is 1090. The van der Waals surface area contributed by atoms with E-state index in [9.17, 15) is 19.2 Å². The molecule has 2 aromatic carbocycles. The molecule has 8 nitrogen and oxygen atoms in total. The maximum absolute atomic E-state index is 13.1. The van der Waals surface area contributed by atoms with Gasteiger partial charge in [0.1, 0.15) is 12.1 Å². The summed E-state index contributed by atoms with van der Waals surface area (Å²) in [5.74, 6) is -1.17. The second-order valence-electron chi connectivity index (χ2n) is 9.02. The summed E-state index contributed by atoms with van der Waals surface area (Å²) in [7, 11) is 1.64. The lowest BCUT2D eigenvalue weighted by Gasteiger charge is -2.35. The van der Waals surface area contributed by atoms with E-state index >= 15 is 0 Å². The number of nitrogens with one attached hydrogen (secondary N) is 2. The standard InChI is InChI=1S/C26H30N4O4/c1-18(19-11-5-3-6-12-19)27-23(32)20-13-7-8-14-21(20)28-22(31)17-30-24(33)26(29(2)25(30)34)15-9-4-10-16-26/h3,5-8,11-14,18H,4,9-10,15-17H2,1-2H3,(H,27,32)(H,28,31). The Balaban J connectivity index is 1.44.